The van der Waals surface area contributed by atoms with Crippen LogP contribution in [0.1, 0.15) is 19.8 Å². The second-order valence-corrected chi connectivity index (χ2v) is 7.21. The Hall–Kier alpha value is -3.23. The summed E-state index contributed by atoms with van der Waals surface area (Å²) in [5, 5.41) is 11.4. The Bertz CT molecular complexity index is 895. The minimum Gasteiger partial charge on any atom is -0.550 e. The molecule has 1 aromatic carbocycles. The van der Waals surface area contributed by atoms with E-state index in [9.17, 15) is 9.90 Å². The van der Waals surface area contributed by atoms with Gasteiger partial charge < -0.3 is 34.7 Å². The van der Waals surface area contributed by atoms with E-state index in [2.05, 4.69) is 4.98 Å². The summed E-state index contributed by atoms with van der Waals surface area (Å²) in [5.74, 6) is 0.855. The molecule has 0 amide bonds. The van der Waals surface area contributed by atoms with Gasteiger partial charge in [0.05, 0.1) is 33.2 Å². The third-order valence-corrected chi connectivity index (χ3v) is 5.60. The molecule has 1 fully saturated rings. The van der Waals surface area contributed by atoms with Gasteiger partial charge in [-0.05, 0) is 24.5 Å². The second-order valence-electron chi connectivity index (χ2n) is 7.21. The molecule has 0 unspecified atom stereocenters. The maximum Gasteiger partial charge on any atom is 0.203 e. The molecule has 1 aliphatic heterocycles. The molecule has 9 heteroatoms. The van der Waals surface area contributed by atoms with Gasteiger partial charge in [-0.25, -0.2) is 9.97 Å². The van der Waals surface area contributed by atoms with Crippen LogP contribution in [0.4, 0.5) is 11.6 Å². The van der Waals surface area contributed by atoms with Crippen LogP contribution in [0.2, 0.25) is 0 Å². The number of hydrogen-bond donors (Lipinski definition) is 1. The van der Waals surface area contributed by atoms with Crippen molar-refractivity contribution in [3.8, 4) is 28.5 Å². The first-order valence-electron chi connectivity index (χ1n) is 9.82. The third-order valence-electron chi connectivity index (χ3n) is 5.60. The maximum atomic E-state index is 11.4. The number of piperidine rings is 1. The molecule has 2 aromatic rings. The van der Waals surface area contributed by atoms with Crippen LogP contribution in [0.3, 0.4) is 0 Å². The topological polar surface area (TPSA) is 123 Å². The average molecular weight is 415 g/mol. The second kappa shape index (κ2) is 9.06. The number of carboxylic acids is 1. The summed E-state index contributed by atoms with van der Waals surface area (Å²) in [7, 11) is 4.64. The Labute approximate surface area is 175 Å². The number of nitrogens with two attached hydrogens (primary N) is 1. The third kappa shape index (κ3) is 4.05. The van der Waals surface area contributed by atoms with Crippen molar-refractivity contribution in [2.75, 3.05) is 45.1 Å². The number of aromatic nitrogens is 2. The number of ether oxygens (including phenoxy) is 3. The zero-order valence-corrected chi connectivity index (χ0v) is 17.7. The number of carbonyl (C=O) groups excluding carboxylic acids is 1. The van der Waals surface area contributed by atoms with E-state index in [4.69, 9.17) is 24.9 Å². The van der Waals surface area contributed by atoms with Crippen LogP contribution in [0.15, 0.2) is 18.3 Å². The van der Waals surface area contributed by atoms with Crippen molar-refractivity contribution in [2.24, 2.45) is 11.8 Å². The molecule has 30 heavy (non-hydrogen) atoms. The molecule has 2 N–H and O–H groups in total. The van der Waals surface area contributed by atoms with E-state index in [1.165, 1.54) is 0 Å². The standard InChI is InChI=1S/C21H28N4O5/c1-5-12-11-25(7-6-14(12)21(26)27)20-19(22)23-10-15(24-20)13-8-16(28-2)18(30-4)17(9-13)29-3/h8-10,12,14H,5-7,11H2,1-4H3,(H2,22,23)(H,26,27)/p-1/t12-,14+/m0/s1. The van der Waals surface area contributed by atoms with Crippen LogP contribution < -0.4 is 30.0 Å². The largest absolute Gasteiger partial charge is 0.550 e. The lowest BCUT2D eigenvalue weighted by molar-refractivity contribution is -0.313. The number of anilines is 2. The van der Waals surface area contributed by atoms with Gasteiger partial charge in [0.2, 0.25) is 5.75 Å². The van der Waals surface area contributed by atoms with Gasteiger partial charge in [-0.2, -0.15) is 0 Å². The van der Waals surface area contributed by atoms with E-state index in [0.29, 0.717) is 54.1 Å². The zero-order valence-electron chi connectivity index (χ0n) is 17.7. The molecule has 0 aliphatic carbocycles. The smallest absolute Gasteiger partial charge is 0.203 e. The molecule has 1 aliphatic rings. The first kappa shape index (κ1) is 21.5. The molecule has 162 valence electrons. The minimum absolute atomic E-state index is 0.0326. The van der Waals surface area contributed by atoms with Gasteiger partial charge in [0.1, 0.15) is 0 Å². The number of rotatable bonds is 7. The summed E-state index contributed by atoms with van der Waals surface area (Å²) in [6.45, 7) is 3.03. The molecule has 0 bridgehead atoms. The lowest BCUT2D eigenvalue weighted by Gasteiger charge is -2.39. The summed E-state index contributed by atoms with van der Waals surface area (Å²) in [5.41, 5.74) is 7.45. The zero-order chi connectivity index (χ0) is 21.8. The van der Waals surface area contributed by atoms with Crippen molar-refractivity contribution in [1.29, 1.82) is 0 Å². The molecule has 9 nitrogen and oxygen atoms in total. The van der Waals surface area contributed by atoms with Crippen LogP contribution in [-0.4, -0.2) is 50.4 Å². The highest BCUT2D eigenvalue weighted by molar-refractivity contribution is 5.72. The molecule has 2 heterocycles. The number of carboxylic acid groups (broad SMARTS) is 1. The van der Waals surface area contributed by atoms with Crippen LogP contribution in [-0.2, 0) is 4.79 Å². The number of hydrogen-bond acceptors (Lipinski definition) is 9. The highest BCUT2D eigenvalue weighted by atomic mass is 16.5. The molecule has 1 aromatic heterocycles. The van der Waals surface area contributed by atoms with Crippen molar-refractivity contribution in [1.82, 2.24) is 9.97 Å². The fourth-order valence-electron chi connectivity index (χ4n) is 3.94. The highest BCUT2D eigenvalue weighted by Crippen LogP contribution is 2.41. The van der Waals surface area contributed by atoms with Crippen LogP contribution in [0, 0.1) is 11.8 Å². The number of aliphatic carboxylic acids is 1. The Kier molecular flexibility index (Phi) is 6.49. The summed E-state index contributed by atoms with van der Waals surface area (Å²) < 4.78 is 16.2. The Morgan fingerprint density at radius 2 is 1.90 bits per heavy atom. The van der Waals surface area contributed by atoms with Gasteiger partial charge in [-0.15, -0.1) is 0 Å². The van der Waals surface area contributed by atoms with Gasteiger partial charge in [0.25, 0.3) is 0 Å². The van der Waals surface area contributed by atoms with Crippen molar-refractivity contribution >= 4 is 17.6 Å². The predicted octanol–water partition coefficient (Wildman–Crippen LogP) is 1.35. The first-order chi connectivity index (χ1) is 14.4. The summed E-state index contributed by atoms with van der Waals surface area (Å²) >= 11 is 0. The van der Waals surface area contributed by atoms with E-state index in [1.54, 1.807) is 39.7 Å². The fourth-order valence-corrected chi connectivity index (χ4v) is 3.94. The molecule has 0 spiro atoms. The van der Waals surface area contributed by atoms with E-state index in [0.717, 1.165) is 12.0 Å². The molecule has 0 radical (unpaired) electrons. The van der Waals surface area contributed by atoms with Crippen LogP contribution in [0.5, 0.6) is 17.2 Å². The minimum atomic E-state index is -0.994. The fraction of sp³-hybridized carbons (Fsp3) is 0.476. The van der Waals surface area contributed by atoms with Crippen molar-refractivity contribution in [3.63, 3.8) is 0 Å². The van der Waals surface area contributed by atoms with Gasteiger partial charge in [-0.3, -0.25) is 0 Å². The molecule has 1 saturated heterocycles. The molecular formula is C21H27N4O5-. The Morgan fingerprint density at radius 3 is 2.43 bits per heavy atom. The molecule has 0 saturated carbocycles. The van der Waals surface area contributed by atoms with Crippen LogP contribution in [0.25, 0.3) is 11.3 Å². The number of nitrogen functional groups attached to an aromatic ring is 1. The first-order valence-corrected chi connectivity index (χ1v) is 9.82. The number of benzene rings is 1. The number of carbonyl (C=O) groups is 1. The van der Waals surface area contributed by atoms with E-state index >= 15 is 0 Å². The Balaban J connectivity index is 1.98. The van der Waals surface area contributed by atoms with E-state index in [1.807, 2.05) is 11.8 Å². The van der Waals surface area contributed by atoms with Gasteiger partial charge in [0, 0.05) is 30.5 Å². The van der Waals surface area contributed by atoms with Crippen LogP contribution >= 0.6 is 0 Å². The normalized spacial score (nSPS) is 18.7. The van der Waals surface area contributed by atoms with Gasteiger partial charge in [0.15, 0.2) is 23.1 Å². The predicted molar refractivity (Wildman–Crippen MR) is 111 cm³/mol. The van der Waals surface area contributed by atoms with E-state index < -0.39 is 11.9 Å². The monoisotopic (exact) mass is 415 g/mol. The molecule has 3 rings (SSSR count). The number of nitrogens with zero attached hydrogens (tertiary/aromatic N) is 3. The highest BCUT2D eigenvalue weighted by Gasteiger charge is 2.30. The average Bonchev–Trinajstić information content (AvgIpc) is 2.77. The quantitative estimate of drug-likeness (QED) is 0.714. The van der Waals surface area contributed by atoms with Crippen molar-refractivity contribution < 1.29 is 24.1 Å². The van der Waals surface area contributed by atoms with Gasteiger partial charge in [-0.1, -0.05) is 13.3 Å². The maximum absolute atomic E-state index is 11.4. The van der Waals surface area contributed by atoms with E-state index in [-0.39, 0.29) is 5.92 Å². The lowest BCUT2D eigenvalue weighted by atomic mass is 9.84. The Morgan fingerprint density at radius 1 is 1.23 bits per heavy atom. The van der Waals surface area contributed by atoms with Crippen molar-refractivity contribution in [3.05, 3.63) is 18.3 Å². The van der Waals surface area contributed by atoms with Crippen molar-refractivity contribution in [2.45, 2.75) is 19.8 Å². The molecule has 2 atom stereocenters. The number of methoxy groups -OCH3 is 3. The molecular weight excluding hydrogens is 388 g/mol. The summed E-state index contributed by atoms with van der Waals surface area (Å²) in [4.78, 5) is 22.5. The lowest BCUT2D eigenvalue weighted by Crippen LogP contribution is -2.47. The summed E-state index contributed by atoms with van der Waals surface area (Å²) in [6.07, 6.45) is 2.80. The SMILES string of the molecule is CC[C@H]1CN(c2nc(-c3cc(OC)c(OC)c(OC)c3)cnc2N)CC[C@H]1C(=O)[O-]. The summed E-state index contributed by atoms with van der Waals surface area (Å²) in [6, 6.07) is 3.59. The van der Waals surface area contributed by atoms with Gasteiger partial charge >= 0.3 is 0 Å².